The zero-order valence-electron chi connectivity index (χ0n) is 25.7. The summed E-state index contributed by atoms with van der Waals surface area (Å²) < 4.78 is 17.8. The number of carbonyl (C=O) groups is 1. The summed E-state index contributed by atoms with van der Waals surface area (Å²) in [6, 6.07) is 32.0. The van der Waals surface area contributed by atoms with E-state index in [1.54, 1.807) is 31.4 Å². The monoisotopic (exact) mass is 619 g/mol. The lowest BCUT2D eigenvalue weighted by Crippen LogP contribution is -2.50. The molecule has 236 valence electrons. The van der Waals surface area contributed by atoms with Gasteiger partial charge in [0.05, 0.1) is 13.7 Å². The molecule has 46 heavy (non-hydrogen) atoms. The molecule has 1 heterocycles. The molecule has 0 spiro atoms. The highest BCUT2D eigenvalue weighted by Crippen LogP contribution is 2.44. The number of hydrogen-bond acceptors (Lipinski definition) is 7. The van der Waals surface area contributed by atoms with Crippen LogP contribution >= 0.6 is 0 Å². The fraction of sp³-hybridized carbons (Fsp3) is 0.278. The molecule has 2 atom stereocenters. The first-order valence-electron chi connectivity index (χ1n) is 15.3. The minimum atomic E-state index is -1.45. The van der Waals surface area contributed by atoms with Crippen LogP contribution in [-0.2, 0) is 22.4 Å². The van der Waals surface area contributed by atoms with Gasteiger partial charge in [-0.2, -0.15) is 0 Å². The number of benzene rings is 4. The Morgan fingerprint density at radius 1 is 1.00 bits per heavy atom. The number of rotatable bonds is 15. The van der Waals surface area contributed by atoms with E-state index in [2.05, 4.69) is 27.5 Å². The Hall–Kier alpha value is -5.31. The maximum atomic E-state index is 14.5. The summed E-state index contributed by atoms with van der Waals surface area (Å²) in [5.74, 6) is 1.26. The number of methoxy groups -OCH3 is 1. The fourth-order valence-electron chi connectivity index (χ4n) is 5.48. The second-order valence-electron chi connectivity index (χ2n) is 10.9. The minimum absolute atomic E-state index is 0.0492. The lowest BCUT2D eigenvalue weighted by molar-refractivity contribution is -0.128. The normalized spacial score (nSPS) is 16.9. The third-order valence-electron chi connectivity index (χ3n) is 7.80. The summed E-state index contributed by atoms with van der Waals surface area (Å²) in [5.41, 5.74) is 11.5. The molecule has 1 aliphatic heterocycles. The van der Waals surface area contributed by atoms with Crippen LogP contribution < -0.4 is 14.8 Å². The Morgan fingerprint density at radius 3 is 2.54 bits per heavy atom. The van der Waals surface area contributed by atoms with Crippen molar-refractivity contribution in [3.05, 3.63) is 136 Å². The molecule has 0 aliphatic carbocycles. The maximum absolute atomic E-state index is 14.5. The largest absolute Gasteiger partial charge is 0.497 e. The fourth-order valence-corrected chi connectivity index (χ4v) is 5.48. The van der Waals surface area contributed by atoms with Crippen molar-refractivity contribution in [2.45, 2.75) is 37.3 Å². The van der Waals surface area contributed by atoms with Gasteiger partial charge in [-0.05, 0) is 71.5 Å². The van der Waals surface area contributed by atoms with Crippen molar-refractivity contribution in [2.75, 3.05) is 26.9 Å². The summed E-state index contributed by atoms with van der Waals surface area (Å²) in [7, 11) is 1.59. The van der Waals surface area contributed by atoms with Crippen LogP contribution in [0.15, 0.2) is 113 Å². The van der Waals surface area contributed by atoms with Gasteiger partial charge in [0.1, 0.15) is 11.5 Å². The molecule has 5 rings (SSSR count). The Morgan fingerprint density at radius 2 is 1.78 bits per heavy atom. The molecule has 0 saturated heterocycles. The van der Waals surface area contributed by atoms with Crippen LogP contribution in [0.3, 0.4) is 0 Å². The quantitative estimate of drug-likeness (QED) is 0.0664. The first-order chi connectivity index (χ1) is 22.6. The molecule has 0 aromatic heterocycles. The molecule has 4 aromatic carbocycles. The van der Waals surface area contributed by atoms with E-state index < -0.39 is 11.6 Å². The molecule has 0 bridgehead atoms. The van der Waals surface area contributed by atoms with Crippen LogP contribution in [0.25, 0.3) is 10.4 Å². The van der Waals surface area contributed by atoms with Gasteiger partial charge >= 0.3 is 0 Å². The predicted molar refractivity (Wildman–Crippen MR) is 176 cm³/mol. The van der Waals surface area contributed by atoms with Crippen molar-refractivity contribution in [3.8, 4) is 11.5 Å². The number of aliphatic imine (C=N–C) groups is 1. The number of amides is 1. The van der Waals surface area contributed by atoms with Crippen LogP contribution in [-0.4, -0.2) is 49.3 Å². The highest BCUT2D eigenvalue weighted by Gasteiger charge is 2.53. The van der Waals surface area contributed by atoms with Crippen LogP contribution in [0.4, 0.5) is 5.69 Å². The Balaban J connectivity index is 1.54. The summed E-state index contributed by atoms with van der Waals surface area (Å²) in [6.07, 6.45) is 1.36. The smallest absolute Gasteiger partial charge is 0.252 e. The number of azide groups is 1. The molecule has 0 saturated carbocycles. The number of aryl methyl sites for hydroxylation is 1. The van der Waals surface area contributed by atoms with Crippen molar-refractivity contribution in [1.82, 2.24) is 5.32 Å². The molecule has 10 nitrogen and oxygen atoms in total. The number of ether oxygens (including phenoxy) is 3. The van der Waals surface area contributed by atoms with E-state index in [9.17, 15) is 10.3 Å². The van der Waals surface area contributed by atoms with Gasteiger partial charge in [0.25, 0.3) is 5.91 Å². The summed E-state index contributed by atoms with van der Waals surface area (Å²) >= 11 is 0. The molecule has 2 N–H and O–H groups in total. The minimum Gasteiger partial charge on any atom is -0.497 e. The van der Waals surface area contributed by atoms with Crippen LogP contribution in [0.5, 0.6) is 11.5 Å². The van der Waals surface area contributed by atoms with Crippen LogP contribution in [0.1, 0.15) is 41.2 Å². The molecule has 0 unspecified atom stereocenters. The van der Waals surface area contributed by atoms with Gasteiger partial charge in [-0.25, -0.2) is 4.99 Å². The molecular weight excluding hydrogens is 582 g/mol. The number of nitrogens with one attached hydrogen (secondary N) is 1. The number of carbonyl (C=O) groups excluding carboxylic acids is 1. The van der Waals surface area contributed by atoms with E-state index in [1.165, 1.54) is 5.56 Å². The maximum Gasteiger partial charge on any atom is 0.252 e. The molecule has 0 fully saturated rings. The number of aliphatic hydroxyl groups excluding tert-OH is 1. The third kappa shape index (κ3) is 7.66. The first kappa shape index (κ1) is 32.1. The molecular formula is C36H37N5O5. The van der Waals surface area contributed by atoms with Crippen molar-refractivity contribution >= 4 is 17.5 Å². The lowest BCUT2D eigenvalue weighted by atomic mass is 9.81. The summed E-state index contributed by atoms with van der Waals surface area (Å²) in [6.45, 7) is 0.875. The van der Waals surface area contributed by atoms with E-state index in [-0.39, 0.29) is 18.9 Å². The van der Waals surface area contributed by atoms with Crippen molar-refractivity contribution in [1.29, 1.82) is 0 Å². The summed E-state index contributed by atoms with van der Waals surface area (Å²) in [4.78, 5) is 22.6. The van der Waals surface area contributed by atoms with Gasteiger partial charge in [0.2, 0.25) is 5.90 Å². The molecule has 1 amide bonds. The molecule has 1 aliphatic rings. The number of nitrogens with zero attached hydrogens (tertiary/aromatic N) is 4. The highest BCUT2D eigenvalue weighted by atomic mass is 16.5. The Kier molecular flexibility index (Phi) is 10.9. The van der Waals surface area contributed by atoms with E-state index in [0.29, 0.717) is 59.3 Å². The average Bonchev–Trinajstić information content (AvgIpc) is 3.49. The molecule has 10 heteroatoms. The zero-order chi connectivity index (χ0) is 32.2. The van der Waals surface area contributed by atoms with E-state index in [0.717, 1.165) is 12.8 Å². The van der Waals surface area contributed by atoms with Crippen LogP contribution in [0, 0.1) is 0 Å². The SMILES string of the molecule is COc1cccc([C@H]2OC(c3ccc(OCCCO)cc3)=N[C@@]2(Cc2ccccc2N=[N+]=[N-])C(=O)NCCCc2ccccc2)c1. The second kappa shape index (κ2) is 15.6. The van der Waals surface area contributed by atoms with Crippen molar-refractivity contribution in [2.24, 2.45) is 10.1 Å². The molecule has 0 radical (unpaired) electrons. The molecule has 4 aromatic rings. The van der Waals surface area contributed by atoms with Gasteiger partial charge in [0.15, 0.2) is 11.6 Å². The van der Waals surface area contributed by atoms with Crippen molar-refractivity contribution < 1.29 is 24.1 Å². The Labute approximate surface area is 268 Å². The summed E-state index contributed by atoms with van der Waals surface area (Å²) in [5, 5.41) is 16.1. The number of aliphatic hydroxyl groups is 1. The van der Waals surface area contributed by atoms with Crippen molar-refractivity contribution in [3.63, 3.8) is 0 Å². The van der Waals surface area contributed by atoms with Gasteiger partial charge in [-0.1, -0.05) is 71.8 Å². The number of hydrogen-bond donors (Lipinski definition) is 2. The van der Waals surface area contributed by atoms with Gasteiger partial charge in [0, 0.05) is 42.2 Å². The second-order valence-corrected chi connectivity index (χ2v) is 10.9. The zero-order valence-corrected chi connectivity index (χ0v) is 25.7. The first-order valence-corrected chi connectivity index (χ1v) is 15.3. The average molecular weight is 620 g/mol. The topological polar surface area (TPSA) is 138 Å². The van der Waals surface area contributed by atoms with E-state index in [4.69, 9.17) is 24.3 Å². The Bertz CT molecular complexity index is 1690. The standard InChI is InChI=1S/C36H37N5O5/c1-44-31-15-7-14-28(24-31)33-36(25-29-13-5-6-16-32(29)40-41-37,35(43)38-21-8-12-26-10-3-2-4-11-26)39-34(46-33)27-17-19-30(20-18-27)45-23-9-22-42/h2-7,10-11,13-20,24,33,42H,8-9,12,21-23,25H2,1H3,(H,38,43)/t33-,36-/m1/s1. The third-order valence-corrected chi connectivity index (χ3v) is 7.80. The van der Waals surface area contributed by atoms with Crippen LogP contribution in [0.2, 0.25) is 0 Å². The highest BCUT2D eigenvalue weighted by molar-refractivity contribution is 6.01. The van der Waals surface area contributed by atoms with Gasteiger partial charge in [-0.15, -0.1) is 0 Å². The van der Waals surface area contributed by atoms with E-state index >= 15 is 0 Å². The van der Waals surface area contributed by atoms with Gasteiger partial charge in [-0.3, -0.25) is 4.79 Å². The van der Waals surface area contributed by atoms with Gasteiger partial charge < -0.3 is 24.6 Å². The lowest BCUT2D eigenvalue weighted by Gasteiger charge is -2.31. The van der Waals surface area contributed by atoms with E-state index in [1.807, 2.05) is 66.7 Å². The predicted octanol–water partition coefficient (Wildman–Crippen LogP) is 6.65.